The van der Waals surface area contributed by atoms with Gasteiger partial charge in [0, 0.05) is 24.6 Å². The van der Waals surface area contributed by atoms with E-state index in [-0.39, 0.29) is 17.6 Å². The molecule has 2 aromatic carbocycles. The van der Waals surface area contributed by atoms with Crippen molar-refractivity contribution in [3.8, 4) is 0 Å². The van der Waals surface area contributed by atoms with E-state index in [4.69, 9.17) is 0 Å². The first-order valence-electron chi connectivity index (χ1n) is 9.46. The summed E-state index contributed by atoms with van der Waals surface area (Å²) in [6.07, 6.45) is 0.429. The Morgan fingerprint density at radius 1 is 1.10 bits per heavy atom. The minimum Gasteiger partial charge on any atom is -0.348 e. The van der Waals surface area contributed by atoms with Crippen molar-refractivity contribution in [2.24, 2.45) is 0 Å². The van der Waals surface area contributed by atoms with E-state index in [0.29, 0.717) is 31.6 Å². The summed E-state index contributed by atoms with van der Waals surface area (Å²) in [4.78, 5) is 26.5. The number of carbonyl (C=O) groups is 2. The number of nitrogens with zero attached hydrogens (tertiary/aromatic N) is 3. The topological polar surface area (TPSA) is 67.2 Å². The number of fused-ring (bicyclic) bond motifs is 1. The minimum atomic E-state index is -0.305. The molecule has 0 fully saturated rings. The highest BCUT2D eigenvalue weighted by atomic mass is 19.1. The summed E-state index contributed by atoms with van der Waals surface area (Å²) >= 11 is 0. The maximum atomic E-state index is 12.9. The summed E-state index contributed by atoms with van der Waals surface area (Å²) in [7, 11) is 0. The van der Waals surface area contributed by atoms with Gasteiger partial charge in [-0.1, -0.05) is 24.3 Å². The Kier molecular flexibility index (Phi) is 5.12. The van der Waals surface area contributed by atoms with Gasteiger partial charge in [-0.2, -0.15) is 5.10 Å². The van der Waals surface area contributed by atoms with E-state index in [2.05, 4.69) is 10.4 Å². The third-order valence-corrected chi connectivity index (χ3v) is 4.92. The van der Waals surface area contributed by atoms with Gasteiger partial charge in [-0.05, 0) is 42.3 Å². The molecule has 148 valence electrons. The largest absolute Gasteiger partial charge is 0.348 e. The fourth-order valence-corrected chi connectivity index (χ4v) is 3.38. The number of hydrogen-bond donors (Lipinski definition) is 1. The first kappa shape index (κ1) is 18.9. The van der Waals surface area contributed by atoms with E-state index >= 15 is 0 Å². The number of aryl methyl sites for hydroxylation is 2. The van der Waals surface area contributed by atoms with E-state index in [0.717, 1.165) is 22.6 Å². The number of hydrogen-bond acceptors (Lipinski definition) is 3. The Morgan fingerprint density at radius 3 is 2.52 bits per heavy atom. The highest BCUT2D eigenvalue weighted by Crippen LogP contribution is 2.24. The molecule has 2 heterocycles. The lowest BCUT2D eigenvalue weighted by molar-refractivity contribution is -0.119. The molecular weight excluding hydrogens is 371 g/mol. The Bertz CT molecular complexity index is 1040. The maximum absolute atomic E-state index is 12.9. The van der Waals surface area contributed by atoms with Crippen molar-refractivity contribution in [2.75, 3.05) is 4.90 Å². The lowest BCUT2D eigenvalue weighted by Gasteiger charge is -2.27. The molecule has 1 aromatic heterocycles. The zero-order valence-electron chi connectivity index (χ0n) is 16.1. The van der Waals surface area contributed by atoms with Crippen LogP contribution in [0.5, 0.6) is 0 Å². The van der Waals surface area contributed by atoms with Crippen LogP contribution in [0.25, 0.3) is 0 Å². The monoisotopic (exact) mass is 392 g/mol. The van der Waals surface area contributed by atoms with Crippen molar-refractivity contribution in [3.63, 3.8) is 0 Å². The quantitative estimate of drug-likeness (QED) is 0.725. The molecule has 0 saturated carbocycles. The molecule has 6 nitrogen and oxygen atoms in total. The van der Waals surface area contributed by atoms with E-state index in [9.17, 15) is 14.0 Å². The van der Waals surface area contributed by atoms with Crippen molar-refractivity contribution < 1.29 is 14.0 Å². The van der Waals surface area contributed by atoms with Crippen LogP contribution in [0.3, 0.4) is 0 Å². The third kappa shape index (κ3) is 4.18. The van der Waals surface area contributed by atoms with Crippen LogP contribution >= 0.6 is 0 Å². The van der Waals surface area contributed by atoms with Gasteiger partial charge >= 0.3 is 0 Å². The van der Waals surface area contributed by atoms with Gasteiger partial charge in [0.05, 0.1) is 18.8 Å². The Labute approximate surface area is 167 Å². The summed E-state index contributed by atoms with van der Waals surface area (Å²) in [5.41, 5.74) is 3.17. The van der Waals surface area contributed by atoms with Gasteiger partial charge in [0.2, 0.25) is 5.91 Å². The predicted octanol–water partition coefficient (Wildman–Crippen LogP) is 3.20. The van der Waals surface area contributed by atoms with Crippen molar-refractivity contribution in [3.05, 3.63) is 82.8 Å². The van der Waals surface area contributed by atoms with Crippen LogP contribution in [-0.2, 0) is 24.4 Å². The summed E-state index contributed by atoms with van der Waals surface area (Å²) in [5.74, 6) is 0.364. The molecule has 3 aromatic rings. The van der Waals surface area contributed by atoms with Gasteiger partial charge in [0.1, 0.15) is 11.6 Å². The average molecular weight is 392 g/mol. The third-order valence-electron chi connectivity index (χ3n) is 4.92. The number of nitrogens with one attached hydrogen (secondary N) is 1. The molecule has 1 aliphatic rings. The van der Waals surface area contributed by atoms with Crippen LogP contribution in [0, 0.1) is 12.7 Å². The number of aromatic nitrogens is 2. The molecule has 0 unspecified atom stereocenters. The van der Waals surface area contributed by atoms with Crippen molar-refractivity contribution >= 4 is 17.6 Å². The van der Waals surface area contributed by atoms with E-state index in [1.807, 2.05) is 29.8 Å². The standard InChI is InChI=1S/C22H21FN4O2/c1-15-12-20-26(21(28)10-11-27(20)25-15)14-17-2-6-18(7-3-17)22(29)24-13-16-4-8-19(23)9-5-16/h2-9,12H,10-11,13-14H2,1H3,(H,24,29). The van der Waals surface area contributed by atoms with Gasteiger partial charge in [0.15, 0.2) is 0 Å². The van der Waals surface area contributed by atoms with Gasteiger partial charge in [0.25, 0.3) is 5.91 Å². The molecule has 0 saturated heterocycles. The second-order valence-corrected chi connectivity index (χ2v) is 7.10. The Balaban J connectivity index is 1.40. The number of halogens is 1. The first-order valence-corrected chi connectivity index (χ1v) is 9.46. The summed E-state index contributed by atoms with van der Waals surface area (Å²) < 4.78 is 14.8. The zero-order chi connectivity index (χ0) is 20.4. The normalized spacial score (nSPS) is 13.3. The summed E-state index contributed by atoms with van der Waals surface area (Å²) in [6, 6.07) is 15.1. The van der Waals surface area contributed by atoms with Gasteiger partial charge in [-0.15, -0.1) is 0 Å². The molecule has 0 aliphatic carbocycles. The van der Waals surface area contributed by atoms with Gasteiger partial charge < -0.3 is 5.32 Å². The Hall–Kier alpha value is -3.48. The van der Waals surface area contributed by atoms with Crippen LogP contribution in [-0.4, -0.2) is 21.6 Å². The number of rotatable bonds is 5. The molecule has 0 atom stereocenters. The summed E-state index contributed by atoms with van der Waals surface area (Å²) in [6.45, 7) is 3.27. The fourth-order valence-electron chi connectivity index (χ4n) is 3.38. The van der Waals surface area contributed by atoms with Crippen molar-refractivity contribution in [1.29, 1.82) is 0 Å². The highest BCUT2D eigenvalue weighted by molar-refractivity contribution is 5.95. The second kappa shape index (κ2) is 7.87. The predicted molar refractivity (Wildman–Crippen MR) is 107 cm³/mol. The smallest absolute Gasteiger partial charge is 0.251 e. The lowest BCUT2D eigenvalue weighted by Crippen LogP contribution is -2.36. The van der Waals surface area contributed by atoms with Crippen LogP contribution < -0.4 is 10.2 Å². The van der Waals surface area contributed by atoms with E-state index in [1.54, 1.807) is 29.2 Å². The van der Waals surface area contributed by atoms with Gasteiger partial charge in [-0.25, -0.2) is 9.07 Å². The van der Waals surface area contributed by atoms with Crippen molar-refractivity contribution in [2.45, 2.75) is 33.0 Å². The molecule has 29 heavy (non-hydrogen) atoms. The molecule has 4 rings (SSSR count). The number of anilines is 1. The lowest BCUT2D eigenvalue weighted by atomic mass is 10.1. The Morgan fingerprint density at radius 2 is 1.79 bits per heavy atom. The van der Waals surface area contributed by atoms with Gasteiger partial charge in [-0.3, -0.25) is 14.5 Å². The SMILES string of the molecule is Cc1cc2n(n1)CCC(=O)N2Cc1ccc(C(=O)NCc2ccc(F)cc2)cc1. The average Bonchev–Trinajstić information content (AvgIpc) is 3.11. The molecule has 1 aliphatic heterocycles. The van der Waals surface area contributed by atoms with Crippen molar-refractivity contribution in [1.82, 2.24) is 15.1 Å². The summed E-state index contributed by atoms with van der Waals surface area (Å²) in [5, 5.41) is 7.23. The zero-order valence-corrected chi connectivity index (χ0v) is 16.1. The van der Waals surface area contributed by atoms with E-state index < -0.39 is 0 Å². The molecular formula is C22H21FN4O2. The number of benzene rings is 2. The minimum absolute atomic E-state index is 0.0681. The van der Waals surface area contributed by atoms with Crippen LogP contribution in [0.2, 0.25) is 0 Å². The van der Waals surface area contributed by atoms with Crippen LogP contribution in [0.15, 0.2) is 54.6 Å². The maximum Gasteiger partial charge on any atom is 0.251 e. The molecule has 0 radical (unpaired) electrons. The first-order chi connectivity index (χ1) is 14.0. The fraction of sp³-hybridized carbons (Fsp3) is 0.227. The molecule has 0 bridgehead atoms. The highest BCUT2D eigenvalue weighted by Gasteiger charge is 2.25. The van der Waals surface area contributed by atoms with Crippen LogP contribution in [0.1, 0.15) is 33.6 Å². The van der Waals surface area contributed by atoms with Crippen LogP contribution in [0.4, 0.5) is 10.2 Å². The number of amides is 2. The second-order valence-electron chi connectivity index (χ2n) is 7.10. The van der Waals surface area contributed by atoms with E-state index in [1.165, 1.54) is 12.1 Å². The molecule has 2 amide bonds. The molecule has 0 spiro atoms. The molecule has 7 heteroatoms. The molecule has 1 N–H and O–H groups in total. The number of carbonyl (C=O) groups excluding carboxylic acids is 2.